The van der Waals surface area contributed by atoms with Gasteiger partial charge >= 0.3 is 0 Å². The minimum absolute atomic E-state index is 0.0869. The Labute approximate surface area is 162 Å². The number of carbonyl (C=O) groups excluding carboxylic acids is 1. The van der Waals surface area contributed by atoms with Gasteiger partial charge < -0.3 is 14.8 Å². The number of methoxy groups -OCH3 is 2. The fourth-order valence-corrected chi connectivity index (χ4v) is 2.74. The summed E-state index contributed by atoms with van der Waals surface area (Å²) in [5.41, 5.74) is 2.86. The van der Waals surface area contributed by atoms with Gasteiger partial charge in [0, 0.05) is 11.8 Å². The Morgan fingerprint density at radius 3 is 2.50 bits per heavy atom. The Kier molecular flexibility index (Phi) is 5.88. The lowest BCUT2D eigenvalue weighted by atomic mass is 10.2. The van der Waals surface area contributed by atoms with Gasteiger partial charge in [-0.15, -0.1) is 5.10 Å². The first-order valence-corrected chi connectivity index (χ1v) is 8.65. The summed E-state index contributed by atoms with van der Waals surface area (Å²) < 4.78 is 25.1. The van der Waals surface area contributed by atoms with E-state index in [2.05, 4.69) is 15.6 Å². The number of carbonyl (C=O) groups is 1. The van der Waals surface area contributed by atoms with Crippen LogP contribution in [0.5, 0.6) is 11.5 Å². The number of ether oxygens (including phenoxy) is 2. The van der Waals surface area contributed by atoms with Crippen LogP contribution in [0.15, 0.2) is 42.5 Å². The summed E-state index contributed by atoms with van der Waals surface area (Å²) in [5.74, 6) is 0.609. The second kappa shape index (κ2) is 8.51. The van der Waals surface area contributed by atoms with Crippen molar-refractivity contribution < 1.29 is 18.7 Å². The molecule has 3 rings (SSSR count). The largest absolute Gasteiger partial charge is 0.493 e. The second-order valence-corrected chi connectivity index (χ2v) is 6.20. The molecule has 8 heteroatoms. The van der Waals surface area contributed by atoms with Crippen molar-refractivity contribution in [1.29, 1.82) is 0 Å². The van der Waals surface area contributed by atoms with Crippen LogP contribution in [0.3, 0.4) is 0 Å². The summed E-state index contributed by atoms with van der Waals surface area (Å²) in [6.45, 7) is 2.30. The molecule has 0 aliphatic heterocycles. The summed E-state index contributed by atoms with van der Waals surface area (Å²) >= 11 is 0. The van der Waals surface area contributed by atoms with Crippen molar-refractivity contribution in [3.63, 3.8) is 0 Å². The molecule has 0 saturated carbocycles. The normalized spacial score (nSPS) is 10.6. The standard InChI is InChI=1S/C20H21FN4O3/c1-13-17(23-24-25(13)12-14-4-6-15(21)7-5-14)11-20(26)22-16-8-9-18(27-2)19(10-16)28-3/h4-10H,11-12H2,1-3H3,(H,22,26). The highest BCUT2D eigenvalue weighted by atomic mass is 19.1. The molecule has 0 saturated heterocycles. The summed E-state index contributed by atoms with van der Waals surface area (Å²) in [7, 11) is 3.08. The fraction of sp³-hybridized carbons (Fsp3) is 0.250. The van der Waals surface area contributed by atoms with Crippen molar-refractivity contribution >= 4 is 11.6 Å². The molecule has 28 heavy (non-hydrogen) atoms. The van der Waals surface area contributed by atoms with E-state index in [9.17, 15) is 9.18 Å². The van der Waals surface area contributed by atoms with Crippen LogP contribution in [-0.4, -0.2) is 35.1 Å². The van der Waals surface area contributed by atoms with Crippen molar-refractivity contribution in [3.8, 4) is 11.5 Å². The van der Waals surface area contributed by atoms with Gasteiger partial charge in [-0.2, -0.15) is 0 Å². The first-order chi connectivity index (χ1) is 13.5. The first-order valence-electron chi connectivity index (χ1n) is 8.65. The van der Waals surface area contributed by atoms with Crippen LogP contribution in [0, 0.1) is 12.7 Å². The van der Waals surface area contributed by atoms with Crippen LogP contribution in [0.2, 0.25) is 0 Å². The molecule has 1 heterocycles. The van der Waals surface area contributed by atoms with E-state index < -0.39 is 0 Å². The molecule has 0 bridgehead atoms. The molecule has 0 aliphatic carbocycles. The maximum atomic E-state index is 13.0. The molecule has 0 unspecified atom stereocenters. The molecule has 7 nitrogen and oxygen atoms in total. The third kappa shape index (κ3) is 4.46. The van der Waals surface area contributed by atoms with E-state index in [0.717, 1.165) is 11.3 Å². The molecule has 1 aromatic heterocycles. The number of anilines is 1. The summed E-state index contributed by atoms with van der Waals surface area (Å²) in [6, 6.07) is 11.3. The first kappa shape index (κ1) is 19.3. The minimum atomic E-state index is -0.286. The second-order valence-electron chi connectivity index (χ2n) is 6.20. The van der Waals surface area contributed by atoms with Gasteiger partial charge in [0.2, 0.25) is 5.91 Å². The number of nitrogens with one attached hydrogen (secondary N) is 1. The van der Waals surface area contributed by atoms with Crippen molar-refractivity contribution in [1.82, 2.24) is 15.0 Å². The Hall–Kier alpha value is -3.42. The lowest BCUT2D eigenvalue weighted by Gasteiger charge is -2.10. The number of amides is 1. The third-order valence-corrected chi connectivity index (χ3v) is 4.32. The monoisotopic (exact) mass is 384 g/mol. The molecule has 3 aromatic rings. The predicted molar refractivity (Wildman–Crippen MR) is 102 cm³/mol. The number of halogens is 1. The zero-order chi connectivity index (χ0) is 20.1. The Balaban J connectivity index is 1.66. The maximum absolute atomic E-state index is 13.0. The van der Waals surface area contributed by atoms with Crippen LogP contribution in [0.4, 0.5) is 10.1 Å². The van der Waals surface area contributed by atoms with Crippen LogP contribution >= 0.6 is 0 Å². The molecule has 0 atom stereocenters. The SMILES string of the molecule is COc1ccc(NC(=O)Cc2nnn(Cc3ccc(F)cc3)c2C)cc1OC. The lowest BCUT2D eigenvalue weighted by molar-refractivity contribution is -0.115. The molecule has 2 aromatic carbocycles. The van der Waals surface area contributed by atoms with Crippen molar-refractivity contribution in [2.24, 2.45) is 0 Å². The van der Waals surface area contributed by atoms with Gasteiger partial charge in [0.1, 0.15) is 5.82 Å². The Morgan fingerprint density at radius 1 is 1.11 bits per heavy atom. The molecule has 0 aliphatic rings. The van der Waals surface area contributed by atoms with Crippen LogP contribution < -0.4 is 14.8 Å². The number of rotatable bonds is 7. The number of hydrogen-bond donors (Lipinski definition) is 1. The average molecular weight is 384 g/mol. The molecule has 1 N–H and O–H groups in total. The maximum Gasteiger partial charge on any atom is 0.230 e. The van der Waals surface area contributed by atoms with Gasteiger partial charge in [0.25, 0.3) is 0 Å². The highest BCUT2D eigenvalue weighted by Crippen LogP contribution is 2.29. The lowest BCUT2D eigenvalue weighted by Crippen LogP contribution is -2.15. The van der Waals surface area contributed by atoms with Crippen molar-refractivity contribution in [2.75, 3.05) is 19.5 Å². The highest BCUT2D eigenvalue weighted by Gasteiger charge is 2.14. The summed E-state index contributed by atoms with van der Waals surface area (Å²) in [4.78, 5) is 12.4. The van der Waals surface area contributed by atoms with E-state index in [1.54, 1.807) is 42.1 Å². The van der Waals surface area contributed by atoms with E-state index in [0.29, 0.717) is 29.4 Å². The van der Waals surface area contributed by atoms with E-state index in [4.69, 9.17) is 9.47 Å². The smallest absolute Gasteiger partial charge is 0.230 e. The topological polar surface area (TPSA) is 78.3 Å². The van der Waals surface area contributed by atoms with Crippen LogP contribution in [0.25, 0.3) is 0 Å². The van der Waals surface area contributed by atoms with Crippen LogP contribution in [-0.2, 0) is 17.8 Å². The number of hydrogen-bond acceptors (Lipinski definition) is 5. The van der Waals surface area contributed by atoms with Crippen molar-refractivity contribution in [2.45, 2.75) is 19.9 Å². The number of benzene rings is 2. The number of nitrogens with zero attached hydrogens (tertiary/aromatic N) is 3. The van der Waals surface area contributed by atoms with Crippen molar-refractivity contribution in [3.05, 3.63) is 65.2 Å². The van der Waals surface area contributed by atoms with Gasteiger partial charge in [-0.05, 0) is 36.8 Å². The summed E-state index contributed by atoms with van der Waals surface area (Å²) in [6.07, 6.45) is 0.0869. The third-order valence-electron chi connectivity index (χ3n) is 4.32. The van der Waals surface area contributed by atoms with Crippen LogP contribution in [0.1, 0.15) is 17.0 Å². The van der Waals surface area contributed by atoms with Gasteiger partial charge in [0.05, 0.1) is 38.6 Å². The zero-order valence-electron chi connectivity index (χ0n) is 15.9. The van der Waals surface area contributed by atoms with E-state index in [-0.39, 0.29) is 18.1 Å². The average Bonchev–Trinajstić information content (AvgIpc) is 3.03. The molecule has 1 amide bonds. The molecular formula is C20H21FN4O3. The summed E-state index contributed by atoms with van der Waals surface area (Å²) in [5, 5.41) is 11.0. The predicted octanol–water partition coefficient (Wildman–Crippen LogP) is 2.97. The van der Waals surface area contributed by atoms with E-state index >= 15 is 0 Å². The molecule has 146 valence electrons. The highest BCUT2D eigenvalue weighted by molar-refractivity contribution is 5.92. The van der Waals surface area contributed by atoms with E-state index in [1.807, 2.05) is 6.92 Å². The molecular weight excluding hydrogens is 363 g/mol. The molecule has 0 fully saturated rings. The van der Waals surface area contributed by atoms with Gasteiger partial charge in [-0.25, -0.2) is 9.07 Å². The van der Waals surface area contributed by atoms with Gasteiger partial charge in [-0.1, -0.05) is 17.3 Å². The van der Waals surface area contributed by atoms with Gasteiger partial charge in [0.15, 0.2) is 11.5 Å². The number of aromatic nitrogens is 3. The Bertz CT molecular complexity index is 970. The van der Waals surface area contributed by atoms with Gasteiger partial charge in [-0.3, -0.25) is 4.79 Å². The fourth-order valence-electron chi connectivity index (χ4n) is 2.74. The van der Waals surface area contributed by atoms with E-state index in [1.165, 1.54) is 19.2 Å². The molecule has 0 radical (unpaired) electrons. The zero-order valence-corrected chi connectivity index (χ0v) is 15.9. The minimum Gasteiger partial charge on any atom is -0.493 e. The molecule has 0 spiro atoms. The quantitative estimate of drug-likeness (QED) is 0.678. The Morgan fingerprint density at radius 2 is 1.82 bits per heavy atom.